The van der Waals surface area contributed by atoms with Crippen LogP contribution in [0.5, 0.6) is 0 Å². The van der Waals surface area contributed by atoms with Gasteiger partial charge in [-0.15, -0.1) is 0 Å². The Hall–Kier alpha value is -0.100. The van der Waals surface area contributed by atoms with Crippen molar-refractivity contribution in [3.63, 3.8) is 0 Å². The summed E-state index contributed by atoms with van der Waals surface area (Å²) < 4.78 is 1.08. The lowest BCUT2D eigenvalue weighted by Gasteiger charge is -2.24. The third kappa shape index (κ3) is 5.69. The summed E-state index contributed by atoms with van der Waals surface area (Å²) >= 11 is 5.66. The second kappa shape index (κ2) is 7.48. The lowest BCUT2D eigenvalue weighted by molar-refractivity contribution is 0.0934. The molecule has 0 aliphatic carbocycles. The molecule has 1 N–H and O–H groups in total. The highest BCUT2D eigenvalue weighted by molar-refractivity contribution is 14.1. The predicted octanol–water partition coefficient (Wildman–Crippen LogP) is 4.22. The molecule has 100 valence electrons. The SMILES string of the molecule is CC(C)(CCCBr)CNC(=O)c1cccc(I)c1. The molecule has 0 aliphatic rings. The van der Waals surface area contributed by atoms with Crippen molar-refractivity contribution in [1.29, 1.82) is 0 Å². The van der Waals surface area contributed by atoms with E-state index in [1.54, 1.807) is 0 Å². The average molecular weight is 424 g/mol. The van der Waals surface area contributed by atoms with Gasteiger partial charge in [-0.1, -0.05) is 35.8 Å². The van der Waals surface area contributed by atoms with Gasteiger partial charge in [0.15, 0.2) is 0 Å². The molecule has 1 aromatic rings. The van der Waals surface area contributed by atoms with Crippen LogP contribution in [-0.4, -0.2) is 17.8 Å². The van der Waals surface area contributed by atoms with Gasteiger partial charge in [0.05, 0.1) is 0 Å². The highest BCUT2D eigenvalue weighted by Gasteiger charge is 2.18. The van der Waals surface area contributed by atoms with Crippen LogP contribution in [0.3, 0.4) is 0 Å². The quantitative estimate of drug-likeness (QED) is 0.538. The summed E-state index contributed by atoms with van der Waals surface area (Å²) in [5, 5.41) is 4.03. The summed E-state index contributed by atoms with van der Waals surface area (Å²) in [4.78, 5) is 12.0. The number of alkyl halides is 1. The predicted molar refractivity (Wildman–Crippen MR) is 88.3 cm³/mol. The maximum atomic E-state index is 12.0. The molecule has 0 aliphatic heterocycles. The lowest BCUT2D eigenvalue weighted by atomic mass is 9.88. The number of carbonyl (C=O) groups excluding carboxylic acids is 1. The monoisotopic (exact) mass is 423 g/mol. The second-order valence-corrected chi connectivity index (χ2v) is 7.19. The molecular weight excluding hydrogens is 405 g/mol. The summed E-state index contributed by atoms with van der Waals surface area (Å²) in [7, 11) is 0. The van der Waals surface area contributed by atoms with Gasteiger partial charge in [0.1, 0.15) is 0 Å². The van der Waals surface area contributed by atoms with Gasteiger partial charge >= 0.3 is 0 Å². The molecule has 0 aromatic heterocycles. The highest BCUT2D eigenvalue weighted by atomic mass is 127. The molecular formula is C14H19BrINO. The number of hydrogen-bond donors (Lipinski definition) is 1. The summed E-state index contributed by atoms with van der Waals surface area (Å²) in [6.07, 6.45) is 2.23. The number of nitrogens with one attached hydrogen (secondary N) is 1. The van der Waals surface area contributed by atoms with E-state index in [9.17, 15) is 4.79 Å². The third-order valence-corrected chi connectivity index (χ3v) is 4.03. The molecule has 0 fully saturated rings. The van der Waals surface area contributed by atoms with E-state index in [1.807, 2.05) is 24.3 Å². The maximum Gasteiger partial charge on any atom is 0.251 e. The van der Waals surface area contributed by atoms with Crippen molar-refractivity contribution < 1.29 is 4.79 Å². The first-order chi connectivity index (χ1) is 8.44. The van der Waals surface area contributed by atoms with Gasteiger partial charge in [-0.2, -0.15) is 0 Å². The van der Waals surface area contributed by atoms with E-state index in [4.69, 9.17) is 0 Å². The number of rotatable bonds is 6. The molecule has 0 radical (unpaired) electrons. The molecule has 0 bridgehead atoms. The van der Waals surface area contributed by atoms with Crippen molar-refractivity contribution in [1.82, 2.24) is 5.32 Å². The minimum Gasteiger partial charge on any atom is -0.352 e. The van der Waals surface area contributed by atoms with Crippen molar-refractivity contribution in [2.24, 2.45) is 5.41 Å². The smallest absolute Gasteiger partial charge is 0.251 e. The van der Waals surface area contributed by atoms with Gasteiger partial charge in [-0.05, 0) is 59.0 Å². The van der Waals surface area contributed by atoms with Crippen molar-refractivity contribution in [2.45, 2.75) is 26.7 Å². The molecule has 2 nitrogen and oxygen atoms in total. The average Bonchev–Trinajstić information content (AvgIpc) is 2.34. The van der Waals surface area contributed by atoms with Crippen LogP contribution in [0.15, 0.2) is 24.3 Å². The van der Waals surface area contributed by atoms with Crippen molar-refractivity contribution in [3.8, 4) is 0 Å². The van der Waals surface area contributed by atoms with Crippen molar-refractivity contribution >= 4 is 44.4 Å². The summed E-state index contributed by atoms with van der Waals surface area (Å²) in [5.74, 6) is 0.0143. The van der Waals surface area contributed by atoms with Crippen LogP contribution in [0, 0.1) is 8.99 Å². The minimum absolute atomic E-state index is 0.0143. The molecule has 1 aromatic carbocycles. The van der Waals surface area contributed by atoms with Crippen LogP contribution in [0.4, 0.5) is 0 Å². The van der Waals surface area contributed by atoms with E-state index in [0.717, 1.165) is 27.3 Å². The topological polar surface area (TPSA) is 29.1 Å². The van der Waals surface area contributed by atoms with E-state index in [-0.39, 0.29) is 11.3 Å². The van der Waals surface area contributed by atoms with E-state index in [1.165, 1.54) is 0 Å². The third-order valence-electron chi connectivity index (χ3n) is 2.80. The Morgan fingerprint density at radius 1 is 1.44 bits per heavy atom. The number of benzene rings is 1. The maximum absolute atomic E-state index is 12.0. The molecule has 18 heavy (non-hydrogen) atoms. The molecule has 1 rings (SSSR count). The van der Waals surface area contributed by atoms with Gasteiger partial charge in [0.2, 0.25) is 0 Å². The molecule has 0 heterocycles. The Kier molecular flexibility index (Phi) is 6.63. The largest absolute Gasteiger partial charge is 0.352 e. The fraction of sp³-hybridized carbons (Fsp3) is 0.500. The van der Waals surface area contributed by atoms with Crippen LogP contribution in [0.25, 0.3) is 0 Å². The summed E-state index contributed by atoms with van der Waals surface area (Å²) in [6.45, 7) is 5.08. The van der Waals surface area contributed by atoms with Gasteiger partial charge in [-0.25, -0.2) is 0 Å². The first-order valence-electron chi connectivity index (χ1n) is 6.04. The zero-order valence-electron chi connectivity index (χ0n) is 10.8. The zero-order chi connectivity index (χ0) is 13.6. The van der Waals surface area contributed by atoms with Gasteiger partial charge in [-0.3, -0.25) is 4.79 Å². The Balaban J connectivity index is 2.50. The molecule has 0 saturated heterocycles. The zero-order valence-corrected chi connectivity index (χ0v) is 14.5. The molecule has 0 unspecified atom stereocenters. The molecule has 0 atom stereocenters. The van der Waals surface area contributed by atoms with E-state index < -0.39 is 0 Å². The molecule has 0 spiro atoms. The van der Waals surface area contributed by atoms with Gasteiger partial charge in [0.25, 0.3) is 5.91 Å². The van der Waals surface area contributed by atoms with Crippen molar-refractivity contribution in [3.05, 3.63) is 33.4 Å². The Morgan fingerprint density at radius 3 is 2.78 bits per heavy atom. The first-order valence-corrected chi connectivity index (χ1v) is 8.24. The van der Waals surface area contributed by atoms with Crippen molar-refractivity contribution in [2.75, 3.05) is 11.9 Å². The summed E-state index contributed by atoms with van der Waals surface area (Å²) in [6, 6.07) is 7.65. The first kappa shape index (κ1) is 16.0. The van der Waals surface area contributed by atoms with Crippen LogP contribution in [-0.2, 0) is 0 Å². The fourth-order valence-corrected chi connectivity index (χ4v) is 2.51. The minimum atomic E-state index is 0.0143. The number of amides is 1. The molecule has 0 saturated carbocycles. The van der Waals surface area contributed by atoms with E-state index in [2.05, 4.69) is 57.7 Å². The van der Waals surface area contributed by atoms with E-state index >= 15 is 0 Å². The number of halogens is 2. The fourth-order valence-electron chi connectivity index (χ4n) is 1.69. The Bertz CT molecular complexity index is 407. The molecule has 4 heteroatoms. The van der Waals surface area contributed by atoms with Crippen LogP contribution in [0.2, 0.25) is 0 Å². The van der Waals surface area contributed by atoms with E-state index in [0.29, 0.717) is 6.54 Å². The van der Waals surface area contributed by atoms with Crippen LogP contribution >= 0.6 is 38.5 Å². The molecule has 1 amide bonds. The van der Waals surface area contributed by atoms with Gasteiger partial charge in [0, 0.05) is 21.0 Å². The highest BCUT2D eigenvalue weighted by Crippen LogP contribution is 2.21. The normalized spacial score (nSPS) is 11.3. The standard InChI is InChI=1S/C14H19BrINO/c1-14(2,7-4-8-15)10-17-13(18)11-5-3-6-12(16)9-11/h3,5-6,9H,4,7-8,10H2,1-2H3,(H,17,18). The lowest BCUT2D eigenvalue weighted by Crippen LogP contribution is -2.34. The van der Waals surface area contributed by atoms with Gasteiger partial charge < -0.3 is 5.32 Å². The summed E-state index contributed by atoms with van der Waals surface area (Å²) in [5.41, 5.74) is 0.879. The number of hydrogen-bond acceptors (Lipinski definition) is 1. The second-order valence-electron chi connectivity index (χ2n) is 5.15. The van der Waals surface area contributed by atoms with Crippen LogP contribution < -0.4 is 5.32 Å². The Labute approximate surface area is 131 Å². The number of carbonyl (C=O) groups is 1. The Morgan fingerprint density at radius 2 is 2.17 bits per heavy atom. The van der Waals surface area contributed by atoms with Crippen LogP contribution in [0.1, 0.15) is 37.0 Å².